The Kier molecular flexibility index (Phi) is 5.90. The highest BCUT2D eigenvalue weighted by molar-refractivity contribution is 5.86. The Bertz CT molecular complexity index is 954. The van der Waals surface area contributed by atoms with Gasteiger partial charge in [-0.05, 0) is 51.0 Å². The van der Waals surface area contributed by atoms with Crippen LogP contribution in [0.1, 0.15) is 69.5 Å². The van der Waals surface area contributed by atoms with E-state index in [9.17, 15) is 0 Å². The van der Waals surface area contributed by atoms with Crippen molar-refractivity contribution in [3.8, 4) is 11.3 Å². The molecule has 2 aromatic heterocycles. The van der Waals surface area contributed by atoms with Crippen LogP contribution in [0, 0.1) is 0 Å². The zero-order valence-corrected chi connectivity index (χ0v) is 18.6. The standard InChI is InChI=1S/C25H34N6/c1-2-5-17-14-20-23(15-17)28-16-21(24(20)29-19-8-6-18(26)7-9-19)22-10-11-27-25(30-22)31-12-3-4-13-31/h10-11,14,16,18-19H,2-9,12-13,15,26H2,1H3,(H,28,29). The van der Waals surface area contributed by atoms with E-state index < -0.39 is 0 Å². The van der Waals surface area contributed by atoms with Crippen LogP contribution in [0.3, 0.4) is 0 Å². The molecule has 2 aliphatic carbocycles. The number of nitrogens with zero attached hydrogens (tertiary/aromatic N) is 4. The second-order valence-corrected chi connectivity index (χ2v) is 9.33. The molecule has 164 valence electrons. The molecule has 3 heterocycles. The monoisotopic (exact) mass is 418 g/mol. The summed E-state index contributed by atoms with van der Waals surface area (Å²) in [6.07, 6.45) is 16.4. The van der Waals surface area contributed by atoms with Crippen LogP contribution < -0.4 is 16.0 Å². The summed E-state index contributed by atoms with van der Waals surface area (Å²) < 4.78 is 0. The third-order valence-corrected chi connectivity index (χ3v) is 6.94. The van der Waals surface area contributed by atoms with Crippen LogP contribution >= 0.6 is 0 Å². The number of allylic oxidation sites excluding steroid dienone is 1. The van der Waals surface area contributed by atoms with Crippen molar-refractivity contribution in [3.05, 3.63) is 35.3 Å². The zero-order chi connectivity index (χ0) is 21.2. The Labute approximate surface area is 185 Å². The van der Waals surface area contributed by atoms with Crippen molar-refractivity contribution in [2.45, 2.75) is 76.8 Å². The van der Waals surface area contributed by atoms with Crippen LogP contribution in [0.2, 0.25) is 0 Å². The number of nitrogens with one attached hydrogen (secondary N) is 1. The summed E-state index contributed by atoms with van der Waals surface area (Å²) >= 11 is 0. The molecule has 2 aromatic rings. The molecule has 0 atom stereocenters. The minimum Gasteiger partial charge on any atom is -0.381 e. The Morgan fingerprint density at radius 1 is 1.13 bits per heavy atom. The van der Waals surface area contributed by atoms with E-state index in [1.165, 1.54) is 41.8 Å². The van der Waals surface area contributed by atoms with Crippen molar-refractivity contribution in [1.29, 1.82) is 0 Å². The molecule has 0 amide bonds. The van der Waals surface area contributed by atoms with Crippen LogP contribution in [-0.2, 0) is 6.42 Å². The summed E-state index contributed by atoms with van der Waals surface area (Å²) in [6.45, 7) is 4.33. The average Bonchev–Trinajstić information content (AvgIpc) is 3.46. The van der Waals surface area contributed by atoms with Crippen LogP contribution in [0.15, 0.2) is 24.0 Å². The van der Waals surface area contributed by atoms with Gasteiger partial charge in [0.1, 0.15) is 0 Å². The lowest BCUT2D eigenvalue weighted by atomic mass is 9.91. The first-order chi connectivity index (χ1) is 15.2. The maximum atomic E-state index is 6.16. The van der Waals surface area contributed by atoms with Gasteiger partial charge in [-0.2, -0.15) is 0 Å². The van der Waals surface area contributed by atoms with Crippen LogP contribution in [0.4, 0.5) is 11.6 Å². The summed E-state index contributed by atoms with van der Waals surface area (Å²) in [7, 11) is 0. The second kappa shape index (κ2) is 8.95. The number of pyridine rings is 1. The van der Waals surface area contributed by atoms with Crippen LogP contribution in [0.5, 0.6) is 0 Å². The fourth-order valence-corrected chi connectivity index (χ4v) is 5.20. The third-order valence-electron chi connectivity index (χ3n) is 6.94. The maximum Gasteiger partial charge on any atom is 0.225 e. The first-order valence-electron chi connectivity index (χ1n) is 12.0. The van der Waals surface area contributed by atoms with Gasteiger partial charge in [-0.15, -0.1) is 0 Å². The highest BCUT2D eigenvalue weighted by atomic mass is 15.3. The molecule has 6 nitrogen and oxygen atoms in total. The van der Waals surface area contributed by atoms with Gasteiger partial charge in [0.15, 0.2) is 0 Å². The van der Waals surface area contributed by atoms with Gasteiger partial charge in [0, 0.05) is 55.1 Å². The quantitative estimate of drug-likeness (QED) is 0.716. The van der Waals surface area contributed by atoms with Crippen molar-refractivity contribution in [2.75, 3.05) is 23.3 Å². The highest BCUT2D eigenvalue weighted by Crippen LogP contribution is 2.39. The predicted octanol–water partition coefficient (Wildman–Crippen LogP) is 4.56. The van der Waals surface area contributed by atoms with E-state index in [1.54, 1.807) is 0 Å². The minimum absolute atomic E-state index is 0.349. The number of hydrogen-bond donors (Lipinski definition) is 2. The molecule has 1 aliphatic heterocycles. The summed E-state index contributed by atoms with van der Waals surface area (Å²) in [5.74, 6) is 0.840. The smallest absolute Gasteiger partial charge is 0.225 e. The normalized spacial score (nSPS) is 23.0. The number of fused-ring (bicyclic) bond motifs is 1. The zero-order valence-electron chi connectivity index (χ0n) is 18.6. The topological polar surface area (TPSA) is 80.0 Å². The number of nitrogens with two attached hydrogens (primary N) is 1. The molecule has 0 bridgehead atoms. The first kappa shape index (κ1) is 20.4. The summed E-state index contributed by atoms with van der Waals surface area (Å²) in [5, 5.41) is 3.91. The molecule has 3 aliphatic rings. The van der Waals surface area contributed by atoms with Gasteiger partial charge >= 0.3 is 0 Å². The number of hydrogen-bond acceptors (Lipinski definition) is 6. The largest absolute Gasteiger partial charge is 0.381 e. The van der Waals surface area contributed by atoms with Gasteiger partial charge < -0.3 is 16.0 Å². The number of anilines is 2. The Hall–Kier alpha value is -2.47. The predicted molar refractivity (Wildman–Crippen MR) is 127 cm³/mol. The lowest BCUT2D eigenvalue weighted by molar-refractivity contribution is 0.411. The molecular formula is C25H34N6. The van der Waals surface area contributed by atoms with E-state index in [4.69, 9.17) is 15.7 Å². The van der Waals surface area contributed by atoms with E-state index in [-0.39, 0.29) is 0 Å². The first-order valence-corrected chi connectivity index (χ1v) is 12.0. The SMILES string of the molecule is CCCC1=Cc2c(ncc(-c3ccnc(N4CCCC4)n3)c2NC2CCC(N)CC2)C1. The highest BCUT2D eigenvalue weighted by Gasteiger charge is 2.25. The van der Waals surface area contributed by atoms with Gasteiger partial charge in [-0.1, -0.05) is 25.0 Å². The third kappa shape index (κ3) is 4.31. The van der Waals surface area contributed by atoms with Crippen molar-refractivity contribution in [2.24, 2.45) is 5.73 Å². The van der Waals surface area contributed by atoms with Gasteiger partial charge in [-0.3, -0.25) is 4.98 Å². The van der Waals surface area contributed by atoms with Crippen molar-refractivity contribution >= 4 is 17.7 Å². The van der Waals surface area contributed by atoms with E-state index in [2.05, 4.69) is 28.2 Å². The Morgan fingerprint density at radius 2 is 1.94 bits per heavy atom. The van der Waals surface area contributed by atoms with Crippen molar-refractivity contribution < 1.29 is 0 Å². The second-order valence-electron chi connectivity index (χ2n) is 9.33. The van der Waals surface area contributed by atoms with Crippen molar-refractivity contribution in [3.63, 3.8) is 0 Å². The molecule has 31 heavy (non-hydrogen) atoms. The molecule has 0 aromatic carbocycles. The van der Waals surface area contributed by atoms with Gasteiger partial charge in [0.2, 0.25) is 5.95 Å². The number of aromatic nitrogens is 3. The molecule has 6 heteroatoms. The maximum absolute atomic E-state index is 6.16. The molecule has 3 N–H and O–H groups in total. The Balaban J connectivity index is 1.52. The fourth-order valence-electron chi connectivity index (χ4n) is 5.20. The Morgan fingerprint density at radius 3 is 2.71 bits per heavy atom. The van der Waals surface area contributed by atoms with E-state index in [0.717, 1.165) is 68.8 Å². The lowest BCUT2D eigenvalue weighted by Gasteiger charge is -2.29. The summed E-state index contributed by atoms with van der Waals surface area (Å²) in [6, 6.07) is 2.83. The molecule has 5 rings (SSSR count). The molecule has 1 saturated heterocycles. The van der Waals surface area contributed by atoms with Gasteiger partial charge in [-0.25, -0.2) is 9.97 Å². The molecule has 0 radical (unpaired) electrons. The minimum atomic E-state index is 0.349. The van der Waals surface area contributed by atoms with Gasteiger partial charge in [0.25, 0.3) is 0 Å². The fraction of sp³-hybridized carbons (Fsp3) is 0.560. The number of rotatable bonds is 6. The van der Waals surface area contributed by atoms with E-state index in [0.29, 0.717) is 12.1 Å². The summed E-state index contributed by atoms with van der Waals surface area (Å²) in [4.78, 5) is 16.7. The van der Waals surface area contributed by atoms with Gasteiger partial charge in [0.05, 0.1) is 17.1 Å². The molecular weight excluding hydrogens is 384 g/mol. The van der Waals surface area contributed by atoms with E-state index in [1.807, 2.05) is 18.5 Å². The molecule has 0 unspecified atom stereocenters. The lowest BCUT2D eigenvalue weighted by Crippen LogP contribution is -2.33. The van der Waals surface area contributed by atoms with Crippen molar-refractivity contribution in [1.82, 2.24) is 15.0 Å². The average molecular weight is 419 g/mol. The molecule has 2 fully saturated rings. The summed E-state index contributed by atoms with van der Waals surface area (Å²) in [5.41, 5.74) is 13.3. The van der Waals surface area contributed by atoms with E-state index >= 15 is 0 Å². The van der Waals surface area contributed by atoms with Crippen LogP contribution in [0.25, 0.3) is 17.3 Å². The molecule has 0 spiro atoms. The van der Waals surface area contributed by atoms with Crippen LogP contribution in [-0.4, -0.2) is 40.1 Å². The molecule has 1 saturated carbocycles.